The van der Waals surface area contributed by atoms with Gasteiger partial charge in [-0.05, 0) is 32.6 Å². The highest BCUT2D eigenvalue weighted by molar-refractivity contribution is 5.97. The van der Waals surface area contributed by atoms with E-state index in [-0.39, 0.29) is 36.0 Å². The minimum absolute atomic E-state index is 0.00435. The number of carbonyl (C=O) groups excluding carboxylic acids is 2. The number of amides is 2. The van der Waals surface area contributed by atoms with Gasteiger partial charge in [-0.1, -0.05) is 20.3 Å². The zero-order chi connectivity index (χ0) is 14.7. The average Bonchev–Trinajstić information content (AvgIpc) is 2.42. The Morgan fingerprint density at radius 1 is 1.35 bits per heavy atom. The summed E-state index contributed by atoms with van der Waals surface area (Å²) in [6.07, 6.45) is 4.10. The molecule has 0 aromatic carbocycles. The lowest BCUT2D eigenvalue weighted by molar-refractivity contribution is -0.155. The van der Waals surface area contributed by atoms with Crippen LogP contribution in [-0.2, 0) is 14.3 Å². The molecule has 0 saturated carbocycles. The predicted octanol–water partition coefficient (Wildman–Crippen LogP) is 1.46. The van der Waals surface area contributed by atoms with Crippen LogP contribution in [0.5, 0.6) is 0 Å². The van der Waals surface area contributed by atoms with Gasteiger partial charge in [0, 0.05) is 12.6 Å². The number of nitrogens with one attached hydrogen (secondary N) is 1. The smallest absolute Gasteiger partial charge is 0.246 e. The van der Waals surface area contributed by atoms with E-state index in [2.05, 4.69) is 5.32 Å². The summed E-state index contributed by atoms with van der Waals surface area (Å²) in [6.45, 7) is 6.71. The van der Waals surface area contributed by atoms with Crippen molar-refractivity contribution in [2.24, 2.45) is 0 Å². The van der Waals surface area contributed by atoms with Gasteiger partial charge in [0.25, 0.3) is 0 Å². The van der Waals surface area contributed by atoms with Crippen LogP contribution in [0.1, 0.15) is 52.9 Å². The monoisotopic (exact) mass is 282 g/mol. The molecule has 4 atom stereocenters. The van der Waals surface area contributed by atoms with E-state index in [0.29, 0.717) is 13.0 Å². The van der Waals surface area contributed by atoms with E-state index in [9.17, 15) is 9.59 Å². The van der Waals surface area contributed by atoms with Crippen LogP contribution in [0, 0.1) is 0 Å². The molecule has 0 aliphatic carbocycles. The summed E-state index contributed by atoms with van der Waals surface area (Å²) in [5.74, 6) is 0.0992. The van der Waals surface area contributed by atoms with Gasteiger partial charge < -0.3 is 15.0 Å². The van der Waals surface area contributed by atoms with Crippen molar-refractivity contribution in [2.45, 2.75) is 77.1 Å². The summed E-state index contributed by atoms with van der Waals surface area (Å²) in [6, 6.07) is -0.513. The van der Waals surface area contributed by atoms with E-state index >= 15 is 0 Å². The van der Waals surface area contributed by atoms with Gasteiger partial charge in [0.05, 0.1) is 6.10 Å². The molecule has 1 N–H and O–H groups in total. The van der Waals surface area contributed by atoms with Gasteiger partial charge in [-0.2, -0.15) is 0 Å². The molecule has 0 radical (unpaired) electrons. The second-order valence-electron chi connectivity index (χ2n) is 5.88. The topological polar surface area (TPSA) is 58.6 Å². The third kappa shape index (κ3) is 2.97. The molecule has 2 fully saturated rings. The van der Waals surface area contributed by atoms with E-state index in [4.69, 9.17) is 4.74 Å². The van der Waals surface area contributed by atoms with Crippen molar-refractivity contribution in [3.63, 3.8) is 0 Å². The molecule has 0 bridgehead atoms. The number of hydrogen-bond acceptors (Lipinski definition) is 3. The van der Waals surface area contributed by atoms with Gasteiger partial charge in [-0.25, -0.2) is 0 Å². The van der Waals surface area contributed by atoms with Crippen molar-refractivity contribution in [3.05, 3.63) is 0 Å². The molecule has 2 amide bonds. The lowest BCUT2D eigenvalue weighted by atomic mass is 9.94. The van der Waals surface area contributed by atoms with Crippen LogP contribution in [0.2, 0.25) is 0 Å². The minimum atomic E-state index is -0.339. The number of carbonyl (C=O) groups is 2. The van der Waals surface area contributed by atoms with Gasteiger partial charge in [-0.15, -0.1) is 0 Å². The summed E-state index contributed by atoms with van der Waals surface area (Å²) in [5, 5.41) is 2.89. The molecule has 0 aromatic heterocycles. The second kappa shape index (κ2) is 6.57. The Kier molecular flexibility index (Phi) is 5.02. The van der Waals surface area contributed by atoms with Crippen LogP contribution in [0.4, 0.5) is 0 Å². The first-order valence-corrected chi connectivity index (χ1v) is 7.82. The first-order chi connectivity index (χ1) is 9.58. The van der Waals surface area contributed by atoms with E-state index in [1.807, 2.05) is 25.7 Å². The molecule has 2 heterocycles. The van der Waals surface area contributed by atoms with Crippen molar-refractivity contribution < 1.29 is 14.3 Å². The van der Waals surface area contributed by atoms with Crippen LogP contribution in [0.15, 0.2) is 0 Å². The maximum absolute atomic E-state index is 12.7. The van der Waals surface area contributed by atoms with Crippen molar-refractivity contribution in [1.82, 2.24) is 10.2 Å². The Labute approximate surface area is 121 Å². The van der Waals surface area contributed by atoms with Gasteiger partial charge in [-0.3, -0.25) is 9.59 Å². The zero-order valence-electron chi connectivity index (χ0n) is 12.7. The fourth-order valence-electron chi connectivity index (χ4n) is 3.32. The third-order valence-corrected chi connectivity index (χ3v) is 4.32. The first-order valence-electron chi connectivity index (χ1n) is 7.82. The van der Waals surface area contributed by atoms with Crippen molar-refractivity contribution in [3.8, 4) is 0 Å². The summed E-state index contributed by atoms with van der Waals surface area (Å²) in [7, 11) is 0. The molecule has 2 rings (SSSR count). The highest BCUT2D eigenvalue weighted by Crippen LogP contribution is 2.26. The average molecular weight is 282 g/mol. The van der Waals surface area contributed by atoms with Gasteiger partial charge >= 0.3 is 0 Å². The van der Waals surface area contributed by atoms with Crippen LogP contribution in [0.3, 0.4) is 0 Å². The molecular formula is C15H26N2O3. The highest BCUT2D eigenvalue weighted by Gasteiger charge is 2.43. The fraction of sp³-hybridized carbons (Fsp3) is 0.867. The maximum atomic E-state index is 12.7. The molecular weight excluding hydrogens is 256 g/mol. The molecule has 5 heteroatoms. The Bertz CT molecular complexity index is 372. The van der Waals surface area contributed by atoms with Crippen LogP contribution in [0.25, 0.3) is 0 Å². The molecule has 0 aromatic rings. The van der Waals surface area contributed by atoms with E-state index < -0.39 is 0 Å². The predicted molar refractivity (Wildman–Crippen MR) is 76.2 cm³/mol. The lowest BCUT2D eigenvalue weighted by Crippen LogP contribution is -2.66. The van der Waals surface area contributed by atoms with E-state index in [0.717, 1.165) is 25.7 Å². The molecule has 2 saturated heterocycles. The van der Waals surface area contributed by atoms with Crippen LogP contribution in [-0.4, -0.2) is 47.6 Å². The Hall–Kier alpha value is -1.10. The SMILES string of the molecule is CCCC1NC(=O)C(CC)N(C2CCOC(C)C2)C1=O. The highest BCUT2D eigenvalue weighted by atomic mass is 16.5. The molecule has 2 aliphatic rings. The Balaban J connectivity index is 2.19. The molecule has 2 aliphatic heterocycles. The number of hydrogen-bond donors (Lipinski definition) is 1. The van der Waals surface area contributed by atoms with Crippen molar-refractivity contribution >= 4 is 11.8 Å². The summed E-state index contributed by atoms with van der Waals surface area (Å²) >= 11 is 0. The van der Waals surface area contributed by atoms with Crippen LogP contribution >= 0.6 is 0 Å². The minimum Gasteiger partial charge on any atom is -0.378 e. The summed E-state index contributed by atoms with van der Waals surface area (Å²) < 4.78 is 5.57. The number of nitrogens with zero attached hydrogens (tertiary/aromatic N) is 1. The van der Waals surface area contributed by atoms with Crippen LogP contribution < -0.4 is 5.32 Å². The normalized spacial score (nSPS) is 35.0. The largest absolute Gasteiger partial charge is 0.378 e. The Morgan fingerprint density at radius 2 is 2.10 bits per heavy atom. The molecule has 114 valence electrons. The van der Waals surface area contributed by atoms with Gasteiger partial charge in [0.1, 0.15) is 12.1 Å². The van der Waals surface area contributed by atoms with Crippen molar-refractivity contribution in [2.75, 3.05) is 6.61 Å². The second-order valence-corrected chi connectivity index (χ2v) is 5.88. The Morgan fingerprint density at radius 3 is 2.70 bits per heavy atom. The van der Waals surface area contributed by atoms with Gasteiger partial charge in [0.2, 0.25) is 11.8 Å². The summed E-state index contributed by atoms with van der Waals surface area (Å²) in [5.41, 5.74) is 0. The van der Waals surface area contributed by atoms with Gasteiger partial charge in [0.15, 0.2) is 0 Å². The fourth-order valence-corrected chi connectivity index (χ4v) is 3.32. The molecule has 0 spiro atoms. The van der Waals surface area contributed by atoms with E-state index in [1.54, 1.807) is 0 Å². The van der Waals surface area contributed by atoms with Crippen molar-refractivity contribution in [1.29, 1.82) is 0 Å². The zero-order valence-corrected chi connectivity index (χ0v) is 12.7. The van der Waals surface area contributed by atoms with E-state index in [1.165, 1.54) is 0 Å². The molecule has 5 nitrogen and oxygen atoms in total. The molecule has 4 unspecified atom stereocenters. The molecule has 20 heavy (non-hydrogen) atoms. The lowest BCUT2D eigenvalue weighted by Gasteiger charge is -2.45. The third-order valence-electron chi connectivity index (χ3n) is 4.32. The first kappa shape index (κ1) is 15.3. The summed E-state index contributed by atoms with van der Waals surface area (Å²) in [4.78, 5) is 26.8. The standard InChI is InChI=1S/C15H26N2O3/c1-4-6-12-15(19)17(13(5-2)14(18)16-12)11-7-8-20-10(3)9-11/h10-13H,4-9H2,1-3H3,(H,16,18). The number of ether oxygens (including phenoxy) is 1. The maximum Gasteiger partial charge on any atom is 0.246 e. The number of rotatable bonds is 4. The quantitative estimate of drug-likeness (QED) is 0.849. The number of piperazine rings is 1.